The third-order valence-electron chi connectivity index (χ3n) is 4.29. The first-order chi connectivity index (χ1) is 14.4. The number of nitrogens with one attached hydrogen (secondary N) is 1. The molecule has 0 unspecified atom stereocenters. The number of carbonyl (C=O) groups is 2. The monoisotopic (exact) mass is 410 g/mol. The molecule has 1 N–H and O–H groups in total. The van der Waals surface area contributed by atoms with Crippen molar-refractivity contribution in [3.8, 4) is 5.75 Å². The maximum absolute atomic E-state index is 12.2. The van der Waals surface area contributed by atoms with E-state index in [0.717, 1.165) is 12.8 Å². The van der Waals surface area contributed by atoms with E-state index in [1.807, 2.05) is 6.92 Å². The van der Waals surface area contributed by atoms with Crippen molar-refractivity contribution < 1.29 is 23.7 Å². The van der Waals surface area contributed by atoms with E-state index in [2.05, 4.69) is 5.32 Å². The fraction of sp³-hybridized carbons (Fsp3) is 0.190. The van der Waals surface area contributed by atoms with Crippen LogP contribution in [-0.2, 0) is 0 Å². The highest BCUT2D eigenvalue weighted by atomic mass is 16.6. The van der Waals surface area contributed by atoms with Gasteiger partial charge in [0, 0.05) is 30.1 Å². The second-order valence-corrected chi connectivity index (χ2v) is 6.45. The number of hydrogen-bond donors (Lipinski definition) is 1. The Hall–Kier alpha value is -4.01. The van der Waals surface area contributed by atoms with E-state index in [0.29, 0.717) is 11.9 Å². The minimum Gasteiger partial charge on any atom is -0.423 e. The molecule has 0 saturated carbocycles. The van der Waals surface area contributed by atoms with Crippen LogP contribution in [0.4, 0.5) is 5.69 Å². The third-order valence-corrected chi connectivity index (χ3v) is 4.29. The minimum absolute atomic E-state index is 0.103. The molecular weight excluding hydrogens is 392 g/mol. The van der Waals surface area contributed by atoms with Gasteiger partial charge < -0.3 is 14.5 Å². The number of carbonyl (C=O) groups excluding carboxylic acids is 2. The first-order valence-electron chi connectivity index (χ1n) is 9.22. The number of non-ortho nitro benzene ring substituents is 1. The average Bonchev–Trinajstić information content (AvgIpc) is 2.73. The molecule has 0 fully saturated rings. The van der Waals surface area contributed by atoms with Gasteiger partial charge in [0.25, 0.3) is 11.6 Å². The number of fused-ring (bicyclic) bond motifs is 1. The molecule has 3 aromatic rings. The fourth-order valence-electron chi connectivity index (χ4n) is 2.67. The molecule has 0 aliphatic carbocycles. The van der Waals surface area contributed by atoms with Crippen LogP contribution in [0.25, 0.3) is 11.0 Å². The molecule has 9 nitrogen and oxygen atoms in total. The highest BCUT2D eigenvalue weighted by Gasteiger charge is 2.15. The third kappa shape index (κ3) is 4.69. The van der Waals surface area contributed by atoms with Gasteiger partial charge in [-0.15, -0.1) is 0 Å². The Labute approximate surface area is 170 Å². The van der Waals surface area contributed by atoms with Crippen LogP contribution in [0.5, 0.6) is 5.75 Å². The first-order valence-corrected chi connectivity index (χ1v) is 9.22. The Morgan fingerprint density at radius 2 is 1.87 bits per heavy atom. The predicted molar refractivity (Wildman–Crippen MR) is 108 cm³/mol. The number of amides is 1. The smallest absolute Gasteiger partial charge is 0.349 e. The summed E-state index contributed by atoms with van der Waals surface area (Å²) in [6.45, 7) is 2.45. The Morgan fingerprint density at radius 3 is 2.53 bits per heavy atom. The van der Waals surface area contributed by atoms with Crippen LogP contribution in [0.3, 0.4) is 0 Å². The number of nitro groups is 1. The van der Waals surface area contributed by atoms with Crippen molar-refractivity contribution in [3.05, 3.63) is 80.2 Å². The number of ether oxygens (including phenoxy) is 1. The van der Waals surface area contributed by atoms with Crippen molar-refractivity contribution >= 4 is 28.5 Å². The van der Waals surface area contributed by atoms with Gasteiger partial charge >= 0.3 is 11.6 Å². The number of hydrogen-bond acceptors (Lipinski definition) is 7. The van der Waals surface area contributed by atoms with Crippen molar-refractivity contribution in [3.63, 3.8) is 0 Å². The number of nitrogens with zero attached hydrogens (tertiary/aromatic N) is 1. The number of nitro benzene ring substituents is 1. The van der Waals surface area contributed by atoms with Crippen LogP contribution in [0.1, 0.15) is 40.5 Å². The molecule has 0 bridgehead atoms. The largest absolute Gasteiger partial charge is 0.423 e. The lowest BCUT2D eigenvalue weighted by molar-refractivity contribution is -0.384. The summed E-state index contributed by atoms with van der Waals surface area (Å²) in [7, 11) is 0. The number of benzene rings is 2. The molecule has 0 spiro atoms. The molecule has 9 heteroatoms. The quantitative estimate of drug-likeness (QED) is 0.158. The summed E-state index contributed by atoms with van der Waals surface area (Å²) < 4.78 is 10.4. The number of unbranched alkanes of at least 4 members (excludes halogenated alkanes) is 1. The minimum atomic E-state index is -0.796. The van der Waals surface area contributed by atoms with Gasteiger partial charge in [-0.2, -0.15) is 0 Å². The zero-order valence-corrected chi connectivity index (χ0v) is 16.0. The van der Waals surface area contributed by atoms with Gasteiger partial charge in [0.05, 0.1) is 10.5 Å². The van der Waals surface area contributed by atoms with E-state index in [9.17, 15) is 24.5 Å². The lowest BCUT2D eigenvalue weighted by atomic mass is 10.1. The van der Waals surface area contributed by atoms with Gasteiger partial charge in [0.1, 0.15) is 16.9 Å². The molecule has 0 aliphatic heterocycles. The lowest BCUT2D eigenvalue weighted by Gasteiger charge is -2.07. The topological polar surface area (TPSA) is 129 Å². The maximum atomic E-state index is 12.2. The summed E-state index contributed by atoms with van der Waals surface area (Å²) in [5.41, 5.74) is -0.765. The molecule has 1 amide bonds. The summed E-state index contributed by atoms with van der Waals surface area (Å²) in [4.78, 5) is 46.6. The predicted octanol–water partition coefficient (Wildman–Crippen LogP) is 3.45. The summed E-state index contributed by atoms with van der Waals surface area (Å²) in [5, 5.41) is 13.8. The normalized spacial score (nSPS) is 10.6. The van der Waals surface area contributed by atoms with E-state index in [-0.39, 0.29) is 28.1 Å². The summed E-state index contributed by atoms with van der Waals surface area (Å²) in [6, 6.07) is 10.8. The van der Waals surface area contributed by atoms with Crippen molar-refractivity contribution in [2.75, 3.05) is 6.54 Å². The van der Waals surface area contributed by atoms with Gasteiger partial charge in [-0.3, -0.25) is 14.9 Å². The SMILES string of the molecule is CCCCNC(=O)c1cc2ccc(OC(=O)c3ccc([N+](=O)[O-])cc3)cc2oc1=O. The van der Waals surface area contributed by atoms with Crippen LogP contribution >= 0.6 is 0 Å². The molecular formula is C21H18N2O7. The molecule has 0 saturated heterocycles. The Bertz CT molecular complexity index is 1170. The Balaban J connectivity index is 1.79. The zero-order chi connectivity index (χ0) is 21.7. The number of esters is 1. The standard InChI is InChI=1S/C21H18N2O7/c1-2-3-10-22-19(24)17-11-14-6-9-16(12-18(14)30-21(17)26)29-20(25)13-4-7-15(8-5-13)23(27)28/h4-9,11-12H,2-3,10H2,1H3,(H,22,24). The highest BCUT2D eigenvalue weighted by Crippen LogP contribution is 2.22. The van der Waals surface area contributed by atoms with Gasteiger partial charge in [-0.25, -0.2) is 9.59 Å². The van der Waals surface area contributed by atoms with E-state index < -0.39 is 22.4 Å². The van der Waals surface area contributed by atoms with Crippen LogP contribution in [0.2, 0.25) is 0 Å². The van der Waals surface area contributed by atoms with E-state index >= 15 is 0 Å². The maximum Gasteiger partial charge on any atom is 0.349 e. The second-order valence-electron chi connectivity index (χ2n) is 6.45. The van der Waals surface area contributed by atoms with Gasteiger partial charge in [0.15, 0.2) is 0 Å². The van der Waals surface area contributed by atoms with Crippen LogP contribution < -0.4 is 15.7 Å². The second kappa shape index (κ2) is 8.99. The van der Waals surface area contributed by atoms with E-state index in [1.165, 1.54) is 42.5 Å². The zero-order valence-electron chi connectivity index (χ0n) is 16.0. The molecule has 0 aliphatic rings. The molecule has 154 valence electrons. The van der Waals surface area contributed by atoms with Crippen LogP contribution in [0, 0.1) is 10.1 Å². The Morgan fingerprint density at radius 1 is 1.13 bits per heavy atom. The van der Waals surface area contributed by atoms with E-state index in [1.54, 1.807) is 6.07 Å². The lowest BCUT2D eigenvalue weighted by Crippen LogP contribution is -2.28. The van der Waals surface area contributed by atoms with Gasteiger partial charge in [-0.1, -0.05) is 13.3 Å². The van der Waals surface area contributed by atoms with Gasteiger partial charge in [0.2, 0.25) is 0 Å². The fourth-order valence-corrected chi connectivity index (χ4v) is 2.67. The van der Waals surface area contributed by atoms with Gasteiger partial charge in [-0.05, 0) is 36.8 Å². The van der Waals surface area contributed by atoms with Crippen molar-refractivity contribution in [2.24, 2.45) is 0 Å². The van der Waals surface area contributed by atoms with E-state index in [4.69, 9.17) is 9.15 Å². The molecule has 0 radical (unpaired) electrons. The summed E-state index contributed by atoms with van der Waals surface area (Å²) >= 11 is 0. The first kappa shape index (κ1) is 20.7. The molecule has 30 heavy (non-hydrogen) atoms. The summed E-state index contributed by atoms with van der Waals surface area (Å²) in [5.74, 6) is -1.11. The molecule has 1 aromatic heterocycles. The van der Waals surface area contributed by atoms with Crippen LogP contribution in [0.15, 0.2) is 57.7 Å². The molecule has 2 aromatic carbocycles. The highest BCUT2D eigenvalue weighted by molar-refractivity contribution is 5.97. The average molecular weight is 410 g/mol. The Kier molecular flexibility index (Phi) is 6.21. The number of rotatable bonds is 7. The van der Waals surface area contributed by atoms with Crippen molar-refractivity contribution in [2.45, 2.75) is 19.8 Å². The molecule has 3 rings (SSSR count). The van der Waals surface area contributed by atoms with Crippen molar-refractivity contribution in [1.82, 2.24) is 5.32 Å². The molecule has 0 atom stereocenters. The molecule has 1 heterocycles. The summed E-state index contributed by atoms with van der Waals surface area (Å²) in [6.07, 6.45) is 1.71. The van der Waals surface area contributed by atoms with Crippen molar-refractivity contribution in [1.29, 1.82) is 0 Å². The van der Waals surface area contributed by atoms with Crippen LogP contribution in [-0.4, -0.2) is 23.3 Å².